The van der Waals surface area contributed by atoms with Crippen molar-refractivity contribution < 1.29 is 29.0 Å². The molecule has 0 saturated carbocycles. The van der Waals surface area contributed by atoms with Crippen molar-refractivity contribution in [1.82, 2.24) is 0 Å². The van der Waals surface area contributed by atoms with Crippen molar-refractivity contribution in [3.05, 3.63) is 10.1 Å². The second-order valence-corrected chi connectivity index (χ2v) is 5.94. The van der Waals surface area contributed by atoms with Crippen molar-refractivity contribution in [3.63, 3.8) is 0 Å². The smallest absolute Gasteiger partial charge is 0.305 e. The molecule has 0 amide bonds. The Morgan fingerprint density at radius 3 is 1.64 bits per heavy atom. The average molecular weight is 361 g/mol. The van der Waals surface area contributed by atoms with Crippen LogP contribution >= 0.6 is 0 Å². The molecular formula is C17H31NO7. The molecule has 0 bridgehead atoms. The van der Waals surface area contributed by atoms with E-state index in [1.54, 1.807) is 0 Å². The summed E-state index contributed by atoms with van der Waals surface area (Å²) in [4.78, 5) is 38.1. The van der Waals surface area contributed by atoms with Crippen molar-refractivity contribution in [1.29, 1.82) is 0 Å². The minimum Gasteiger partial charge on any atom is -0.463 e. The molecule has 0 rings (SSSR count). The van der Waals surface area contributed by atoms with Crippen LogP contribution in [-0.2, 0) is 23.9 Å². The predicted molar refractivity (Wildman–Crippen MR) is 91.3 cm³/mol. The van der Waals surface area contributed by atoms with Crippen molar-refractivity contribution in [2.24, 2.45) is 0 Å². The van der Waals surface area contributed by atoms with E-state index in [-0.39, 0.29) is 26.1 Å². The van der Waals surface area contributed by atoms with Crippen LogP contribution in [0.4, 0.5) is 0 Å². The summed E-state index contributed by atoms with van der Waals surface area (Å²) in [6.07, 6.45) is 6.99. The molecule has 8 heteroatoms. The van der Waals surface area contributed by atoms with Gasteiger partial charge in [-0.1, -0.05) is 52.4 Å². The number of hydrogen-bond donors (Lipinski definition) is 0. The quantitative estimate of drug-likeness (QED) is 0.179. The number of ether oxygens (including phenoxy) is 2. The third-order valence-electron chi connectivity index (χ3n) is 3.56. The third kappa shape index (κ3) is 15.4. The topological polar surface area (TPSA) is 105 Å². The summed E-state index contributed by atoms with van der Waals surface area (Å²) in [6.45, 7) is 3.53. The zero-order chi connectivity index (χ0) is 18.9. The van der Waals surface area contributed by atoms with Gasteiger partial charge in [-0.3, -0.25) is 9.59 Å². The van der Waals surface area contributed by atoms with Crippen LogP contribution in [0.2, 0.25) is 0 Å². The molecule has 0 radical (unpaired) electrons. The van der Waals surface area contributed by atoms with E-state index in [4.69, 9.17) is 9.47 Å². The van der Waals surface area contributed by atoms with Gasteiger partial charge >= 0.3 is 11.9 Å². The Morgan fingerprint density at radius 1 is 0.840 bits per heavy atom. The fraction of sp³-hybridized carbons (Fsp3) is 0.882. The zero-order valence-corrected chi connectivity index (χ0v) is 15.4. The first-order valence-electron chi connectivity index (χ1n) is 9.12. The highest BCUT2D eigenvalue weighted by atomic mass is 17.0. The molecule has 0 N–H and O–H groups in total. The minimum atomic E-state index is -1.10. The second kappa shape index (κ2) is 15.7. The molecule has 25 heavy (non-hydrogen) atoms. The van der Waals surface area contributed by atoms with Crippen molar-refractivity contribution >= 4 is 11.9 Å². The lowest BCUT2D eigenvalue weighted by Crippen LogP contribution is -2.30. The molecule has 0 fully saturated rings. The summed E-state index contributed by atoms with van der Waals surface area (Å²) < 4.78 is 9.94. The van der Waals surface area contributed by atoms with Crippen LogP contribution in [0.1, 0.15) is 78.1 Å². The lowest BCUT2D eigenvalue weighted by molar-refractivity contribution is -0.769. The van der Waals surface area contributed by atoms with E-state index in [1.807, 2.05) is 0 Å². The number of carbonyl (C=O) groups excluding carboxylic acids is 2. The van der Waals surface area contributed by atoms with Crippen molar-refractivity contribution in [2.75, 3.05) is 13.2 Å². The standard InChI is InChI=1S/C17H31NO7/c1-3-5-7-9-11-16(19)23-13-15(25-18(21)22)14-24-17(20)12-10-8-6-4-2/h15H,3-14H2,1-2H3. The summed E-state index contributed by atoms with van der Waals surface area (Å²) in [7, 11) is 0. The molecule has 0 heterocycles. The number of rotatable bonds is 16. The summed E-state index contributed by atoms with van der Waals surface area (Å²) in [6, 6.07) is 0. The maximum Gasteiger partial charge on any atom is 0.305 e. The van der Waals surface area contributed by atoms with Crippen LogP contribution in [0.25, 0.3) is 0 Å². The van der Waals surface area contributed by atoms with Gasteiger partial charge < -0.3 is 14.3 Å². The van der Waals surface area contributed by atoms with Crippen LogP contribution in [0.15, 0.2) is 0 Å². The number of carbonyl (C=O) groups is 2. The van der Waals surface area contributed by atoms with E-state index in [0.29, 0.717) is 0 Å². The van der Waals surface area contributed by atoms with Crippen LogP contribution in [0, 0.1) is 10.1 Å². The van der Waals surface area contributed by atoms with Gasteiger partial charge in [-0.25, -0.2) is 0 Å². The molecule has 0 aliphatic heterocycles. The predicted octanol–water partition coefficient (Wildman–Crippen LogP) is 3.59. The van der Waals surface area contributed by atoms with Crippen LogP contribution in [0.3, 0.4) is 0 Å². The summed E-state index contributed by atoms with van der Waals surface area (Å²) >= 11 is 0. The highest BCUT2D eigenvalue weighted by molar-refractivity contribution is 5.69. The van der Waals surface area contributed by atoms with Gasteiger partial charge in [-0.2, -0.15) is 0 Å². The Bertz CT molecular complexity index is 359. The first-order chi connectivity index (χ1) is 12.0. The van der Waals surface area contributed by atoms with Gasteiger partial charge in [-0.05, 0) is 12.8 Å². The lowest BCUT2D eigenvalue weighted by Gasteiger charge is -2.15. The highest BCUT2D eigenvalue weighted by Gasteiger charge is 2.18. The Morgan fingerprint density at radius 2 is 1.28 bits per heavy atom. The molecule has 0 atom stereocenters. The third-order valence-corrected chi connectivity index (χ3v) is 3.56. The molecular weight excluding hydrogens is 330 g/mol. The maximum atomic E-state index is 11.6. The normalized spacial score (nSPS) is 10.5. The molecule has 0 aliphatic carbocycles. The van der Waals surface area contributed by atoms with Crippen molar-refractivity contribution in [3.8, 4) is 0 Å². The fourth-order valence-electron chi connectivity index (χ4n) is 2.14. The molecule has 0 spiro atoms. The first kappa shape index (κ1) is 23.1. The van der Waals surface area contributed by atoms with Crippen molar-refractivity contribution in [2.45, 2.75) is 84.2 Å². The van der Waals surface area contributed by atoms with E-state index in [9.17, 15) is 19.7 Å². The number of esters is 2. The van der Waals surface area contributed by atoms with Gasteiger partial charge in [0.1, 0.15) is 13.2 Å². The molecule has 0 aromatic rings. The zero-order valence-electron chi connectivity index (χ0n) is 15.4. The van der Waals surface area contributed by atoms with Crippen LogP contribution in [-0.4, -0.2) is 36.3 Å². The van der Waals surface area contributed by atoms with Gasteiger partial charge in [0.05, 0.1) is 0 Å². The van der Waals surface area contributed by atoms with Crippen LogP contribution < -0.4 is 0 Å². The number of nitrogens with zero attached hydrogens (tertiary/aromatic N) is 1. The molecule has 0 unspecified atom stereocenters. The number of unbranched alkanes of at least 4 members (excludes halogenated alkanes) is 6. The second-order valence-electron chi connectivity index (χ2n) is 5.94. The average Bonchev–Trinajstić information content (AvgIpc) is 2.57. The summed E-state index contributed by atoms with van der Waals surface area (Å²) in [5.74, 6) is -0.863. The lowest BCUT2D eigenvalue weighted by atomic mass is 10.1. The largest absolute Gasteiger partial charge is 0.463 e. The Balaban J connectivity index is 4.04. The van der Waals surface area contributed by atoms with E-state index in [0.717, 1.165) is 51.4 Å². The van der Waals surface area contributed by atoms with E-state index in [2.05, 4.69) is 18.7 Å². The summed E-state index contributed by atoms with van der Waals surface area (Å²) in [5, 5.41) is 9.51. The minimum absolute atomic E-state index is 0.266. The monoisotopic (exact) mass is 361 g/mol. The van der Waals surface area contributed by atoms with E-state index in [1.165, 1.54) is 0 Å². The molecule has 0 aromatic heterocycles. The summed E-state index contributed by atoms with van der Waals surface area (Å²) in [5.41, 5.74) is 0. The molecule has 8 nitrogen and oxygen atoms in total. The highest BCUT2D eigenvalue weighted by Crippen LogP contribution is 2.06. The SMILES string of the molecule is CCCCCCC(=O)OCC(COC(=O)CCCCCC)O[N+](=O)[O-]. The Labute approximate surface area is 149 Å². The van der Waals surface area contributed by atoms with Gasteiger partial charge in [-0.15, -0.1) is 10.1 Å². The molecule has 0 aromatic carbocycles. The van der Waals surface area contributed by atoms with Gasteiger partial charge in [0.25, 0.3) is 5.09 Å². The van der Waals surface area contributed by atoms with E-state index < -0.39 is 23.1 Å². The Kier molecular flexibility index (Phi) is 14.5. The van der Waals surface area contributed by atoms with E-state index >= 15 is 0 Å². The molecule has 0 aliphatic rings. The van der Waals surface area contributed by atoms with Gasteiger partial charge in [0.15, 0.2) is 6.10 Å². The van der Waals surface area contributed by atoms with Crippen LogP contribution in [0.5, 0.6) is 0 Å². The molecule has 0 saturated heterocycles. The maximum absolute atomic E-state index is 11.6. The number of hydrogen-bond acceptors (Lipinski definition) is 7. The first-order valence-corrected chi connectivity index (χ1v) is 9.12. The van der Waals surface area contributed by atoms with Gasteiger partial charge in [0.2, 0.25) is 0 Å². The molecule has 146 valence electrons. The Hall–Kier alpha value is -1.86. The van der Waals surface area contributed by atoms with Gasteiger partial charge in [0, 0.05) is 12.8 Å². The fourth-order valence-corrected chi connectivity index (χ4v) is 2.14.